The van der Waals surface area contributed by atoms with E-state index in [1.54, 1.807) is 12.1 Å². The Morgan fingerprint density at radius 1 is 1.14 bits per heavy atom. The van der Waals surface area contributed by atoms with Crippen molar-refractivity contribution in [3.05, 3.63) is 29.8 Å². The Balaban J connectivity index is 0.000000384. The van der Waals surface area contributed by atoms with Crippen LogP contribution >= 0.6 is 0 Å². The summed E-state index contributed by atoms with van der Waals surface area (Å²) in [6, 6.07) is 5.99. The predicted molar refractivity (Wildman–Crippen MR) is 81.7 cm³/mol. The molecule has 4 nitrogen and oxygen atoms in total. The largest absolute Gasteiger partial charge is 0.393 e. The summed E-state index contributed by atoms with van der Waals surface area (Å²) >= 11 is 0. The SMILES string of the molecule is CCCCCC[C@H](F)CO.Cc1ccc(S(=O)(=O)O)cc1. The minimum absolute atomic E-state index is 0.0666. The molecule has 0 saturated carbocycles. The third kappa shape index (κ3) is 10.4. The molecule has 0 aromatic heterocycles. The Kier molecular flexibility index (Phi) is 10.2. The van der Waals surface area contributed by atoms with Crippen molar-refractivity contribution < 1.29 is 22.5 Å². The van der Waals surface area contributed by atoms with E-state index in [1.807, 2.05) is 6.92 Å². The molecule has 0 amide bonds. The maximum Gasteiger partial charge on any atom is 0.294 e. The zero-order valence-electron chi connectivity index (χ0n) is 12.6. The van der Waals surface area contributed by atoms with Crippen LogP contribution in [0.15, 0.2) is 29.2 Å². The molecular formula is C15H25FO4S. The Hall–Kier alpha value is -0.980. The molecule has 0 fully saturated rings. The van der Waals surface area contributed by atoms with Crippen LogP contribution in [0.2, 0.25) is 0 Å². The molecular weight excluding hydrogens is 295 g/mol. The summed E-state index contributed by atoms with van der Waals surface area (Å²) in [7, 11) is -4.02. The van der Waals surface area contributed by atoms with E-state index in [0.717, 1.165) is 18.4 Å². The van der Waals surface area contributed by atoms with Crippen LogP contribution in [0, 0.1) is 6.92 Å². The van der Waals surface area contributed by atoms with E-state index in [4.69, 9.17) is 9.66 Å². The lowest BCUT2D eigenvalue weighted by Crippen LogP contribution is -2.04. The average molecular weight is 320 g/mol. The maximum absolute atomic E-state index is 12.3. The van der Waals surface area contributed by atoms with Gasteiger partial charge in [0.25, 0.3) is 10.1 Å². The van der Waals surface area contributed by atoms with Gasteiger partial charge in [0.05, 0.1) is 11.5 Å². The summed E-state index contributed by atoms with van der Waals surface area (Å²) in [5.74, 6) is 0. The first kappa shape index (κ1) is 20.0. The molecule has 0 saturated heterocycles. The number of aryl methyl sites for hydroxylation is 1. The van der Waals surface area contributed by atoms with Gasteiger partial charge in [-0.2, -0.15) is 8.42 Å². The van der Waals surface area contributed by atoms with Crippen molar-refractivity contribution in [1.29, 1.82) is 0 Å². The fourth-order valence-corrected chi connectivity index (χ4v) is 2.07. The summed E-state index contributed by atoms with van der Waals surface area (Å²) in [4.78, 5) is -0.0666. The van der Waals surface area contributed by atoms with Gasteiger partial charge in [-0.25, -0.2) is 4.39 Å². The number of hydrogen-bond acceptors (Lipinski definition) is 3. The first-order valence-corrected chi connectivity index (χ1v) is 8.54. The van der Waals surface area contributed by atoms with Gasteiger partial charge >= 0.3 is 0 Å². The third-order valence-corrected chi connectivity index (χ3v) is 3.76. The monoisotopic (exact) mass is 320 g/mol. The molecule has 0 unspecified atom stereocenters. The number of rotatable bonds is 7. The van der Waals surface area contributed by atoms with E-state index < -0.39 is 16.3 Å². The average Bonchev–Trinajstić information content (AvgIpc) is 2.43. The predicted octanol–water partition coefficient (Wildman–Crippen LogP) is 3.53. The topological polar surface area (TPSA) is 74.6 Å². The van der Waals surface area contributed by atoms with E-state index in [2.05, 4.69) is 6.92 Å². The lowest BCUT2D eigenvalue weighted by Gasteiger charge is -2.02. The molecule has 1 atom stereocenters. The van der Waals surface area contributed by atoms with Crippen LogP contribution in [0.1, 0.15) is 44.6 Å². The summed E-state index contributed by atoms with van der Waals surface area (Å²) < 4.78 is 41.9. The van der Waals surface area contributed by atoms with Crippen molar-refractivity contribution >= 4 is 10.1 Å². The van der Waals surface area contributed by atoms with Crippen molar-refractivity contribution in [2.45, 2.75) is 57.0 Å². The number of benzene rings is 1. The number of halogens is 1. The number of alkyl halides is 1. The van der Waals surface area contributed by atoms with Gasteiger partial charge in [0.2, 0.25) is 0 Å². The summed E-state index contributed by atoms with van der Waals surface area (Å²) in [5, 5.41) is 8.32. The molecule has 0 spiro atoms. The first-order valence-electron chi connectivity index (χ1n) is 7.10. The van der Waals surface area contributed by atoms with E-state index in [0.29, 0.717) is 6.42 Å². The fourth-order valence-electron chi connectivity index (χ4n) is 1.59. The smallest absolute Gasteiger partial charge is 0.294 e. The molecule has 0 aliphatic rings. The second kappa shape index (κ2) is 10.7. The van der Waals surface area contributed by atoms with E-state index >= 15 is 0 Å². The van der Waals surface area contributed by atoms with Gasteiger partial charge in [0, 0.05) is 0 Å². The Labute approximate surface area is 126 Å². The molecule has 0 bridgehead atoms. The Bertz CT molecular complexity index is 471. The molecule has 0 radical (unpaired) electrons. The second-order valence-electron chi connectivity index (χ2n) is 4.92. The quantitative estimate of drug-likeness (QED) is 0.595. The molecule has 1 rings (SSSR count). The Morgan fingerprint density at radius 2 is 1.71 bits per heavy atom. The molecule has 21 heavy (non-hydrogen) atoms. The van der Waals surface area contributed by atoms with Gasteiger partial charge < -0.3 is 5.11 Å². The van der Waals surface area contributed by atoms with Crippen LogP contribution in [0.5, 0.6) is 0 Å². The van der Waals surface area contributed by atoms with Crippen LogP contribution in [0.25, 0.3) is 0 Å². The molecule has 122 valence electrons. The number of hydrogen-bond donors (Lipinski definition) is 2. The van der Waals surface area contributed by atoms with Crippen LogP contribution in [-0.4, -0.2) is 30.9 Å². The van der Waals surface area contributed by atoms with E-state index in [1.165, 1.54) is 25.0 Å². The normalized spacial score (nSPS) is 12.4. The molecule has 0 aliphatic heterocycles. The van der Waals surface area contributed by atoms with Crippen LogP contribution in [0.3, 0.4) is 0 Å². The zero-order valence-corrected chi connectivity index (χ0v) is 13.4. The lowest BCUT2D eigenvalue weighted by molar-refractivity contribution is 0.167. The van der Waals surface area contributed by atoms with Crippen molar-refractivity contribution in [1.82, 2.24) is 0 Å². The van der Waals surface area contributed by atoms with Crippen molar-refractivity contribution in [2.75, 3.05) is 6.61 Å². The van der Waals surface area contributed by atoms with Crippen LogP contribution < -0.4 is 0 Å². The molecule has 0 heterocycles. The van der Waals surface area contributed by atoms with Gasteiger partial charge in [-0.3, -0.25) is 4.55 Å². The van der Waals surface area contributed by atoms with Crippen molar-refractivity contribution in [2.24, 2.45) is 0 Å². The highest BCUT2D eigenvalue weighted by atomic mass is 32.2. The van der Waals surface area contributed by atoms with Gasteiger partial charge in [-0.15, -0.1) is 0 Å². The molecule has 0 aliphatic carbocycles. The van der Waals surface area contributed by atoms with Gasteiger partial charge in [-0.1, -0.05) is 50.3 Å². The minimum Gasteiger partial charge on any atom is -0.393 e. The lowest BCUT2D eigenvalue weighted by atomic mass is 10.1. The second-order valence-corrected chi connectivity index (χ2v) is 6.34. The highest BCUT2D eigenvalue weighted by molar-refractivity contribution is 7.85. The van der Waals surface area contributed by atoms with E-state index in [-0.39, 0.29) is 11.5 Å². The number of aliphatic hydroxyl groups is 1. The van der Waals surface area contributed by atoms with Gasteiger partial charge in [-0.05, 0) is 25.5 Å². The molecule has 2 N–H and O–H groups in total. The molecule has 1 aromatic carbocycles. The number of unbranched alkanes of at least 4 members (excludes halogenated alkanes) is 3. The maximum atomic E-state index is 12.3. The zero-order chi connectivity index (χ0) is 16.3. The van der Waals surface area contributed by atoms with Gasteiger partial charge in [0.15, 0.2) is 0 Å². The summed E-state index contributed by atoms with van der Waals surface area (Å²) in [6.07, 6.45) is 3.90. The van der Waals surface area contributed by atoms with Crippen LogP contribution in [-0.2, 0) is 10.1 Å². The fraction of sp³-hybridized carbons (Fsp3) is 0.600. The highest BCUT2D eigenvalue weighted by Crippen LogP contribution is 2.08. The minimum atomic E-state index is -4.02. The van der Waals surface area contributed by atoms with Crippen molar-refractivity contribution in [3.8, 4) is 0 Å². The first-order chi connectivity index (χ1) is 9.81. The van der Waals surface area contributed by atoms with Crippen LogP contribution in [0.4, 0.5) is 4.39 Å². The molecule has 6 heteroatoms. The standard InChI is InChI=1S/C8H17FO.C7H8O3S/c1-2-3-4-5-6-8(9)7-10;1-6-2-4-7(5-3-6)11(8,9)10/h8,10H,2-7H2,1H3;2-5H,1H3,(H,8,9,10)/t8-;/m0./s1. The Morgan fingerprint density at radius 3 is 2.14 bits per heavy atom. The number of aliphatic hydroxyl groups excluding tert-OH is 1. The van der Waals surface area contributed by atoms with E-state index in [9.17, 15) is 12.8 Å². The highest BCUT2D eigenvalue weighted by Gasteiger charge is 2.06. The third-order valence-electron chi connectivity index (χ3n) is 2.89. The molecule has 1 aromatic rings. The summed E-state index contributed by atoms with van der Waals surface area (Å²) in [6.45, 7) is 3.65. The summed E-state index contributed by atoms with van der Waals surface area (Å²) in [5.41, 5.74) is 0.956. The van der Waals surface area contributed by atoms with Gasteiger partial charge in [0.1, 0.15) is 6.17 Å². The van der Waals surface area contributed by atoms with Crippen molar-refractivity contribution in [3.63, 3.8) is 0 Å².